The maximum absolute atomic E-state index is 4.85. The van der Waals surface area contributed by atoms with Crippen LogP contribution in [-0.2, 0) is 0 Å². The molecule has 0 aromatic carbocycles. The van der Waals surface area contributed by atoms with Gasteiger partial charge in [0.2, 0.25) is 0 Å². The molecule has 3 heteroatoms. The van der Waals surface area contributed by atoms with E-state index in [4.69, 9.17) is 12.2 Å². The van der Waals surface area contributed by atoms with E-state index in [2.05, 4.69) is 12.2 Å². The van der Waals surface area contributed by atoms with Gasteiger partial charge in [0.1, 0.15) is 4.32 Å². The van der Waals surface area contributed by atoms with Gasteiger partial charge in [-0.3, -0.25) is 0 Å². The lowest BCUT2D eigenvalue weighted by Gasteiger charge is -1.96. The Kier molecular flexibility index (Phi) is 1.54. The van der Waals surface area contributed by atoms with Gasteiger partial charge in [-0.1, -0.05) is 24.0 Å². The summed E-state index contributed by atoms with van der Waals surface area (Å²) in [4.78, 5) is 0. The molecule has 0 aromatic heterocycles. The fraction of sp³-hybridized carbons (Fsp3) is 0.750. The molecule has 0 unspecified atom stereocenters. The molecule has 1 aliphatic rings. The second kappa shape index (κ2) is 2.01. The summed E-state index contributed by atoms with van der Waals surface area (Å²) >= 11 is 6.57. The average Bonchev–Trinajstić information content (AvgIpc) is 1.87. The Morgan fingerprint density at radius 2 is 2.71 bits per heavy atom. The van der Waals surface area contributed by atoms with Crippen molar-refractivity contribution >= 4 is 28.3 Å². The highest BCUT2D eigenvalue weighted by molar-refractivity contribution is 8.23. The quantitative estimate of drug-likeness (QED) is 0.495. The molecule has 1 saturated heterocycles. The molecule has 0 aromatic rings. The van der Waals surface area contributed by atoms with Crippen molar-refractivity contribution in [2.75, 3.05) is 5.75 Å². The standard InChI is InChI=1S/C4H7NS2/c1-3-2-7-4(6)5-3/h3H,2H2,1H3,(H,5,6)/t3-/m1/s1. The van der Waals surface area contributed by atoms with Gasteiger partial charge in [-0.15, -0.1) is 0 Å². The van der Waals surface area contributed by atoms with Crippen molar-refractivity contribution in [2.24, 2.45) is 0 Å². The second-order valence-corrected chi connectivity index (χ2v) is 3.34. The van der Waals surface area contributed by atoms with E-state index >= 15 is 0 Å². The zero-order valence-corrected chi connectivity index (χ0v) is 5.73. The number of hydrogen-bond donors (Lipinski definition) is 1. The molecule has 0 spiro atoms. The summed E-state index contributed by atoms with van der Waals surface area (Å²) in [5, 5.41) is 3.11. The Morgan fingerprint density at radius 1 is 2.00 bits per heavy atom. The molecule has 0 saturated carbocycles. The summed E-state index contributed by atoms with van der Waals surface area (Å²) in [6, 6.07) is 0.595. The summed E-state index contributed by atoms with van der Waals surface area (Å²) < 4.78 is 0.951. The van der Waals surface area contributed by atoms with Gasteiger partial charge >= 0.3 is 0 Å². The van der Waals surface area contributed by atoms with E-state index in [0.29, 0.717) is 6.04 Å². The van der Waals surface area contributed by atoms with Crippen LogP contribution in [0.25, 0.3) is 0 Å². The van der Waals surface area contributed by atoms with Crippen LogP contribution in [0, 0.1) is 0 Å². The van der Waals surface area contributed by atoms with Crippen molar-refractivity contribution in [1.82, 2.24) is 5.32 Å². The Bertz CT molecular complexity index is 91.7. The van der Waals surface area contributed by atoms with Gasteiger partial charge in [0.15, 0.2) is 0 Å². The van der Waals surface area contributed by atoms with Crippen molar-refractivity contribution < 1.29 is 0 Å². The normalized spacial score (nSPS) is 30.4. The van der Waals surface area contributed by atoms with Crippen molar-refractivity contribution in [3.8, 4) is 0 Å². The van der Waals surface area contributed by atoms with E-state index in [-0.39, 0.29) is 0 Å². The first-order valence-corrected chi connectivity index (χ1v) is 3.62. The Labute approximate surface area is 52.9 Å². The largest absolute Gasteiger partial charge is 0.368 e. The molecule has 0 amide bonds. The molecule has 1 atom stereocenters. The molecule has 1 aliphatic heterocycles. The van der Waals surface area contributed by atoms with Crippen LogP contribution in [0.4, 0.5) is 0 Å². The third kappa shape index (κ3) is 1.31. The summed E-state index contributed by atoms with van der Waals surface area (Å²) in [5.41, 5.74) is 0. The monoisotopic (exact) mass is 133 g/mol. The van der Waals surface area contributed by atoms with Crippen molar-refractivity contribution in [3.05, 3.63) is 0 Å². The van der Waals surface area contributed by atoms with Gasteiger partial charge in [0, 0.05) is 11.8 Å². The molecule has 1 nitrogen and oxygen atoms in total. The maximum Gasteiger partial charge on any atom is 0.134 e. The molecule has 0 aliphatic carbocycles. The lowest BCUT2D eigenvalue weighted by Crippen LogP contribution is -2.21. The smallest absolute Gasteiger partial charge is 0.134 e. The molecular formula is C4H7NS2. The number of nitrogens with one attached hydrogen (secondary N) is 1. The van der Waals surface area contributed by atoms with E-state index in [9.17, 15) is 0 Å². The van der Waals surface area contributed by atoms with Crippen LogP contribution in [0.1, 0.15) is 6.92 Å². The highest BCUT2D eigenvalue weighted by atomic mass is 32.2. The van der Waals surface area contributed by atoms with Gasteiger partial charge in [-0.25, -0.2) is 0 Å². The minimum atomic E-state index is 0.595. The first kappa shape index (κ1) is 5.38. The predicted molar refractivity (Wildman–Crippen MR) is 37.7 cm³/mol. The van der Waals surface area contributed by atoms with Crippen LogP contribution >= 0.6 is 24.0 Å². The topological polar surface area (TPSA) is 12.0 Å². The second-order valence-electron chi connectivity index (χ2n) is 1.64. The fourth-order valence-corrected chi connectivity index (χ4v) is 1.66. The summed E-state index contributed by atoms with van der Waals surface area (Å²) in [5.74, 6) is 1.14. The first-order chi connectivity index (χ1) is 3.29. The molecule has 0 bridgehead atoms. The van der Waals surface area contributed by atoms with E-state index in [1.165, 1.54) is 0 Å². The van der Waals surface area contributed by atoms with Crippen molar-refractivity contribution in [3.63, 3.8) is 0 Å². The van der Waals surface area contributed by atoms with Crippen LogP contribution < -0.4 is 5.32 Å². The highest BCUT2D eigenvalue weighted by Crippen LogP contribution is 2.11. The molecule has 40 valence electrons. The Hall–Kier alpha value is 0.240. The number of thiocarbonyl (C=S) groups is 1. The highest BCUT2D eigenvalue weighted by Gasteiger charge is 2.12. The summed E-state index contributed by atoms with van der Waals surface area (Å²) in [7, 11) is 0. The van der Waals surface area contributed by atoms with Gasteiger partial charge < -0.3 is 5.32 Å². The Morgan fingerprint density at radius 3 is 2.86 bits per heavy atom. The lowest BCUT2D eigenvalue weighted by atomic mass is 10.4. The van der Waals surface area contributed by atoms with Gasteiger partial charge in [0.25, 0.3) is 0 Å². The number of thioether (sulfide) groups is 1. The van der Waals surface area contributed by atoms with E-state index < -0.39 is 0 Å². The van der Waals surface area contributed by atoms with E-state index in [0.717, 1.165) is 10.1 Å². The maximum atomic E-state index is 4.85. The molecule has 0 radical (unpaired) electrons. The van der Waals surface area contributed by atoms with Crippen LogP contribution in [0.2, 0.25) is 0 Å². The summed E-state index contributed by atoms with van der Waals surface area (Å²) in [6.45, 7) is 2.13. The fourth-order valence-electron chi connectivity index (χ4n) is 0.485. The van der Waals surface area contributed by atoms with Crippen LogP contribution in [0.15, 0.2) is 0 Å². The number of hydrogen-bond acceptors (Lipinski definition) is 2. The molecule has 1 heterocycles. The van der Waals surface area contributed by atoms with Crippen LogP contribution in [0.5, 0.6) is 0 Å². The van der Waals surface area contributed by atoms with Gasteiger partial charge in [-0.2, -0.15) is 0 Å². The van der Waals surface area contributed by atoms with Crippen molar-refractivity contribution in [2.45, 2.75) is 13.0 Å². The lowest BCUT2D eigenvalue weighted by molar-refractivity contribution is 0.773. The van der Waals surface area contributed by atoms with Gasteiger partial charge in [0.05, 0.1) is 0 Å². The average molecular weight is 133 g/mol. The third-order valence-electron chi connectivity index (χ3n) is 0.829. The van der Waals surface area contributed by atoms with E-state index in [1.54, 1.807) is 11.8 Å². The predicted octanol–water partition coefficient (Wildman–Crippen LogP) is 0.996. The summed E-state index contributed by atoms with van der Waals surface area (Å²) in [6.07, 6.45) is 0. The minimum Gasteiger partial charge on any atom is -0.368 e. The first-order valence-electron chi connectivity index (χ1n) is 2.22. The third-order valence-corrected chi connectivity index (χ3v) is 2.35. The molecule has 1 rings (SSSR count). The Balaban J connectivity index is 2.40. The molecule has 1 fully saturated rings. The SMILES string of the molecule is C[C@@H]1CSC(=S)N1. The molecular weight excluding hydrogens is 126 g/mol. The van der Waals surface area contributed by atoms with Crippen molar-refractivity contribution in [1.29, 1.82) is 0 Å². The molecule has 7 heavy (non-hydrogen) atoms. The van der Waals surface area contributed by atoms with Crippen LogP contribution in [0.3, 0.4) is 0 Å². The minimum absolute atomic E-state index is 0.595. The zero-order chi connectivity index (χ0) is 5.28. The van der Waals surface area contributed by atoms with Gasteiger partial charge in [-0.05, 0) is 6.92 Å². The van der Waals surface area contributed by atoms with Crippen LogP contribution in [-0.4, -0.2) is 16.1 Å². The van der Waals surface area contributed by atoms with E-state index in [1.807, 2.05) is 0 Å². The zero-order valence-electron chi connectivity index (χ0n) is 4.10. The molecule has 1 N–H and O–H groups in total. The number of rotatable bonds is 0.